The van der Waals surface area contributed by atoms with Crippen LogP contribution >= 0.6 is 0 Å². The predicted molar refractivity (Wildman–Crippen MR) is 76.3 cm³/mol. The van der Waals surface area contributed by atoms with Gasteiger partial charge in [-0.05, 0) is 50.8 Å². The first-order valence-corrected chi connectivity index (χ1v) is 6.79. The third-order valence-electron chi connectivity index (χ3n) is 2.95. The van der Waals surface area contributed by atoms with Crippen molar-refractivity contribution >= 4 is 0 Å². The Morgan fingerprint density at radius 3 is 2.17 bits per heavy atom. The Bertz CT molecular complexity index is 335. The molecule has 18 heavy (non-hydrogen) atoms. The van der Waals surface area contributed by atoms with Gasteiger partial charge >= 0.3 is 0 Å². The Morgan fingerprint density at radius 1 is 1.06 bits per heavy atom. The molecule has 0 fully saturated rings. The van der Waals surface area contributed by atoms with Crippen LogP contribution in [0.15, 0.2) is 24.3 Å². The first-order valence-electron chi connectivity index (χ1n) is 6.79. The lowest BCUT2D eigenvalue weighted by molar-refractivity contribution is -0.0163. The molecule has 0 aliphatic rings. The molecule has 1 aromatic rings. The zero-order chi connectivity index (χ0) is 13.6. The van der Waals surface area contributed by atoms with Crippen molar-refractivity contribution in [2.24, 2.45) is 0 Å². The third kappa shape index (κ3) is 5.54. The Balaban J connectivity index is 2.35. The summed E-state index contributed by atoms with van der Waals surface area (Å²) < 4.78 is 11.3. The van der Waals surface area contributed by atoms with E-state index in [0.717, 1.165) is 5.75 Å². The molecule has 0 amide bonds. The van der Waals surface area contributed by atoms with E-state index < -0.39 is 0 Å². The average molecular weight is 250 g/mol. The largest absolute Gasteiger partial charge is 0.491 e. The summed E-state index contributed by atoms with van der Waals surface area (Å²) in [6.07, 6.45) is 1.17. The maximum Gasteiger partial charge on any atom is 0.119 e. The molecule has 0 saturated heterocycles. The standard InChI is InChI=1S/C16H26O2/c1-6-13(2)14-7-9-15(10-8-14)17-11-12-18-16(3,4)5/h7-10,13H,6,11-12H2,1-5H3. The molecule has 1 aromatic carbocycles. The molecule has 0 bridgehead atoms. The maximum atomic E-state index is 5.64. The molecule has 102 valence electrons. The molecule has 1 rings (SSSR count). The fourth-order valence-corrected chi connectivity index (χ4v) is 1.64. The van der Waals surface area contributed by atoms with Crippen LogP contribution in [0.1, 0.15) is 52.5 Å². The second-order valence-corrected chi connectivity index (χ2v) is 5.69. The molecule has 0 aliphatic carbocycles. The summed E-state index contributed by atoms with van der Waals surface area (Å²) in [4.78, 5) is 0. The van der Waals surface area contributed by atoms with Gasteiger partial charge in [-0.25, -0.2) is 0 Å². The fourth-order valence-electron chi connectivity index (χ4n) is 1.64. The molecule has 0 aliphatic heterocycles. The maximum absolute atomic E-state index is 5.64. The first kappa shape index (κ1) is 15.0. The number of hydrogen-bond acceptors (Lipinski definition) is 2. The second kappa shape index (κ2) is 6.79. The summed E-state index contributed by atoms with van der Waals surface area (Å²) >= 11 is 0. The van der Waals surface area contributed by atoms with Gasteiger partial charge in [-0.3, -0.25) is 0 Å². The van der Waals surface area contributed by atoms with Crippen molar-refractivity contribution in [2.45, 2.75) is 52.6 Å². The summed E-state index contributed by atoms with van der Waals surface area (Å²) in [6.45, 7) is 11.8. The fraction of sp³-hybridized carbons (Fsp3) is 0.625. The van der Waals surface area contributed by atoms with E-state index in [-0.39, 0.29) is 5.60 Å². The lowest BCUT2D eigenvalue weighted by atomic mass is 9.99. The molecule has 1 atom stereocenters. The van der Waals surface area contributed by atoms with Gasteiger partial charge in [-0.2, -0.15) is 0 Å². The van der Waals surface area contributed by atoms with E-state index in [1.165, 1.54) is 12.0 Å². The third-order valence-corrected chi connectivity index (χ3v) is 2.95. The molecule has 0 spiro atoms. The molecular weight excluding hydrogens is 224 g/mol. The highest BCUT2D eigenvalue weighted by Gasteiger charge is 2.09. The van der Waals surface area contributed by atoms with Gasteiger partial charge in [0, 0.05) is 0 Å². The summed E-state index contributed by atoms with van der Waals surface area (Å²) in [5.41, 5.74) is 1.28. The quantitative estimate of drug-likeness (QED) is 0.697. The summed E-state index contributed by atoms with van der Waals surface area (Å²) in [5.74, 6) is 1.53. The normalized spacial score (nSPS) is 13.4. The van der Waals surface area contributed by atoms with E-state index in [1.54, 1.807) is 0 Å². The molecule has 1 unspecified atom stereocenters. The van der Waals surface area contributed by atoms with Crippen LogP contribution in [0, 0.1) is 0 Å². The van der Waals surface area contributed by atoms with Gasteiger partial charge in [0.05, 0.1) is 12.2 Å². The molecule has 2 heteroatoms. The van der Waals surface area contributed by atoms with Crippen LogP contribution in [0.4, 0.5) is 0 Å². The summed E-state index contributed by atoms with van der Waals surface area (Å²) in [7, 11) is 0. The van der Waals surface area contributed by atoms with Crippen LogP contribution in [-0.4, -0.2) is 18.8 Å². The zero-order valence-electron chi connectivity index (χ0n) is 12.3. The van der Waals surface area contributed by atoms with E-state index in [0.29, 0.717) is 19.1 Å². The monoisotopic (exact) mass is 250 g/mol. The van der Waals surface area contributed by atoms with Gasteiger partial charge in [-0.15, -0.1) is 0 Å². The van der Waals surface area contributed by atoms with Gasteiger partial charge in [0.25, 0.3) is 0 Å². The topological polar surface area (TPSA) is 18.5 Å². The lowest BCUT2D eigenvalue weighted by Gasteiger charge is -2.19. The second-order valence-electron chi connectivity index (χ2n) is 5.69. The molecule has 2 nitrogen and oxygen atoms in total. The van der Waals surface area contributed by atoms with Crippen LogP contribution in [0.2, 0.25) is 0 Å². The van der Waals surface area contributed by atoms with Crippen molar-refractivity contribution in [3.8, 4) is 5.75 Å². The minimum Gasteiger partial charge on any atom is -0.491 e. The highest BCUT2D eigenvalue weighted by molar-refractivity contribution is 5.29. The first-order chi connectivity index (χ1) is 8.42. The van der Waals surface area contributed by atoms with Crippen LogP contribution < -0.4 is 4.74 Å². The van der Waals surface area contributed by atoms with Gasteiger partial charge in [-0.1, -0.05) is 26.0 Å². The Labute approximate surface area is 111 Å². The smallest absolute Gasteiger partial charge is 0.119 e. The molecule has 0 N–H and O–H groups in total. The minimum absolute atomic E-state index is 0.0935. The van der Waals surface area contributed by atoms with E-state index >= 15 is 0 Å². The van der Waals surface area contributed by atoms with Crippen molar-refractivity contribution in [3.05, 3.63) is 29.8 Å². The predicted octanol–water partition coefficient (Wildman–Crippen LogP) is 4.39. The Morgan fingerprint density at radius 2 is 1.67 bits per heavy atom. The van der Waals surface area contributed by atoms with Crippen LogP contribution in [-0.2, 0) is 4.74 Å². The molecule has 0 saturated carbocycles. The molecular formula is C16H26O2. The van der Waals surface area contributed by atoms with Gasteiger partial charge < -0.3 is 9.47 Å². The zero-order valence-corrected chi connectivity index (χ0v) is 12.3. The Hall–Kier alpha value is -1.02. The van der Waals surface area contributed by atoms with Gasteiger partial charge in [0.1, 0.15) is 12.4 Å². The van der Waals surface area contributed by atoms with E-state index in [4.69, 9.17) is 9.47 Å². The summed E-state index contributed by atoms with van der Waals surface area (Å²) in [6, 6.07) is 8.37. The molecule has 0 radical (unpaired) electrons. The number of rotatable bonds is 6. The van der Waals surface area contributed by atoms with E-state index in [9.17, 15) is 0 Å². The van der Waals surface area contributed by atoms with E-state index in [2.05, 4.69) is 26.0 Å². The van der Waals surface area contributed by atoms with Crippen molar-refractivity contribution in [1.82, 2.24) is 0 Å². The summed E-state index contributed by atoms with van der Waals surface area (Å²) in [5, 5.41) is 0. The van der Waals surface area contributed by atoms with Crippen LogP contribution in [0.3, 0.4) is 0 Å². The minimum atomic E-state index is -0.0935. The van der Waals surface area contributed by atoms with E-state index in [1.807, 2.05) is 32.9 Å². The highest BCUT2D eigenvalue weighted by Crippen LogP contribution is 2.21. The van der Waals surface area contributed by atoms with Gasteiger partial charge in [0.2, 0.25) is 0 Å². The number of benzene rings is 1. The highest BCUT2D eigenvalue weighted by atomic mass is 16.5. The van der Waals surface area contributed by atoms with Crippen molar-refractivity contribution in [2.75, 3.05) is 13.2 Å². The lowest BCUT2D eigenvalue weighted by Crippen LogP contribution is -2.22. The van der Waals surface area contributed by atoms with Crippen LogP contribution in [0.5, 0.6) is 5.75 Å². The average Bonchev–Trinajstić information content (AvgIpc) is 2.33. The van der Waals surface area contributed by atoms with Crippen molar-refractivity contribution < 1.29 is 9.47 Å². The molecule has 0 aromatic heterocycles. The number of ether oxygens (including phenoxy) is 2. The molecule has 0 heterocycles. The van der Waals surface area contributed by atoms with Gasteiger partial charge in [0.15, 0.2) is 0 Å². The van der Waals surface area contributed by atoms with Crippen molar-refractivity contribution in [1.29, 1.82) is 0 Å². The SMILES string of the molecule is CCC(C)c1ccc(OCCOC(C)(C)C)cc1. The van der Waals surface area contributed by atoms with Crippen LogP contribution in [0.25, 0.3) is 0 Å². The Kier molecular flexibility index (Phi) is 5.67. The van der Waals surface area contributed by atoms with Crippen molar-refractivity contribution in [3.63, 3.8) is 0 Å². The number of hydrogen-bond donors (Lipinski definition) is 0.